The molecule has 1 aliphatic carbocycles. The molecule has 1 heterocycles. The molecule has 2 N–H and O–H groups in total. The number of aromatic amines is 1. The van der Waals surface area contributed by atoms with Crippen LogP contribution in [0.4, 0.5) is 0 Å². The fraction of sp³-hybridized carbons (Fsp3) is 0.583. The highest BCUT2D eigenvalue weighted by atomic mass is 16.2. The minimum Gasteiger partial charge on any atom is -0.332 e. The van der Waals surface area contributed by atoms with E-state index in [9.17, 15) is 10.1 Å². The summed E-state index contributed by atoms with van der Waals surface area (Å²) < 4.78 is 0. The van der Waals surface area contributed by atoms with E-state index in [2.05, 4.69) is 28.5 Å². The van der Waals surface area contributed by atoms with Gasteiger partial charge in [-0.1, -0.05) is 6.92 Å². The summed E-state index contributed by atoms with van der Waals surface area (Å²) in [6, 6.07) is 3.87. The number of rotatable bonds is 2. The van der Waals surface area contributed by atoms with Crippen LogP contribution in [0.1, 0.15) is 43.1 Å². The smallest absolute Gasteiger partial charge is 0.270 e. The number of nitrogens with one attached hydrogen (secondary N) is 2. The standard InChI is InChI=1S/C12H16N4O/c1-9-2-5-12(8-13,6-3-9)15-11(17)10-4-7-14-16-10/h4,7,9H,2-3,5-6H2,1H3,(H,14,16)(H,15,17). The van der Waals surface area contributed by atoms with Crippen molar-refractivity contribution in [2.75, 3.05) is 0 Å². The summed E-state index contributed by atoms with van der Waals surface area (Å²) in [5, 5.41) is 18.5. The summed E-state index contributed by atoms with van der Waals surface area (Å²) >= 11 is 0. The van der Waals surface area contributed by atoms with E-state index in [-0.39, 0.29) is 5.91 Å². The van der Waals surface area contributed by atoms with Gasteiger partial charge in [-0.15, -0.1) is 0 Å². The Hall–Kier alpha value is -1.83. The number of carbonyl (C=O) groups excluding carboxylic acids is 1. The second-order valence-electron chi connectivity index (χ2n) is 4.80. The molecule has 1 saturated carbocycles. The van der Waals surface area contributed by atoms with Gasteiger partial charge in [0.15, 0.2) is 0 Å². The van der Waals surface area contributed by atoms with E-state index in [1.54, 1.807) is 6.07 Å². The van der Waals surface area contributed by atoms with E-state index < -0.39 is 5.54 Å². The minimum absolute atomic E-state index is 0.251. The molecular formula is C12H16N4O. The molecule has 1 aromatic heterocycles. The second kappa shape index (κ2) is 4.58. The molecule has 5 nitrogen and oxygen atoms in total. The van der Waals surface area contributed by atoms with Crippen molar-refractivity contribution in [1.82, 2.24) is 15.5 Å². The van der Waals surface area contributed by atoms with Gasteiger partial charge in [0.1, 0.15) is 11.2 Å². The van der Waals surface area contributed by atoms with Crippen molar-refractivity contribution < 1.29 is 4.79 Å². The molecule has 0 unspecified atom stereocenters. The maximum Gasteiger partial charge on any atom is 0.270 e. The van der Waals surface area contributed by atoms with Gasteiger partial charge in [0.25, 0.3) is 5.91 Å². The minimum atomic E-state index is -0.700. The molecule has 1 fully saturated rings. The first kappa shape index (κ1) is 11.6. The lowest BCUT2D eigenvalue weighted by atomic mass is 9.78. The maximum atomic E-state index is 11.9. The third-order valence-corrected chi connectivity index (χ3v) is 3.44. The summed E-state index contributed by atoms with van der Waals surface area (Å²) in [6.07, 6.45) is 4.94. The topological polar surface area (TPSA) is 81.6 Å². The number of carbonyl (C=O) groups is 1. The number of hydrogen-bond donors (Lipinski definition) is 2. The molecule has 17 heavy (non-hydrogen) atoms. The fourth-order valence-electron chi connectivity index (χ4n) is 2.19. The van der Waals surface area contributed by atoms with Gasteiger partial charge in [0.05, 0.1) is 6.07 Å². The Morgan fingerprint density at radius 2 is 2.35 bits per heavy atom. The maximum absolute atomic E-state index is 11.9. The zero-order valence-electron chi connectivity index (χ0n) is 9.86. The van der Waals surface area contributed by atoms with Crippen LogP contribution < -0.4 is 5.32 Å². The van der Waals surface area contributed by atoms with Crippen LogP contribution in [0.25, 0.3) is 0 Å². The molecule has 5 heteroatoms. The number of H-pyrrole nitrogens is 1. The Labute approximate surface area is 100 Å². The third kappa shape index (κ3) is 2.47. The quantitative estimate of drug-likeness (QED) is 0.812. The van der Waals surface area contributed by atoms with Crippen molar-refractivity contribution in [2.45, 2.75) is 38.1 Å². The van der Waals surface area contributed by atoms with Gasteiger partial charge < -0.3 is 5.32 Å². The van der Waals surface area contributed by atoms with Crippen LogP contribution in [0.2, 0.25) is 0 Å². The van der Waals surface area contributed by atoms with E-state index >= 15 is 0 Å². The van der Waals surface area contributed by atoms with Crippen LogP contribution in [0.5, 0.6) is 0 Å². The van der Waals surface area contributed by atoms with E-state index in [1.807, 2.05) is 0 Å². The molecule has 0 radical (unpaired) electrons. The van der Waals surface area contributed by atoms with Gasteiger partial charge in [-0.2, -0.15) is 10.4 Å². The summed E-state index contributed by atoms with van der Waals surface area (Å²) in [7, 11) is 0. The van der Waals surface area contributed by atoms with Gasteiger partial charge in [0.2, 0.25) is 0 Å². The third-order valence-electron chi connectivity index (χ3n) is 3.44. The van der Waals surface area contributed by atoms with Crippen LogP contribution in [-0.2, 0) is 0 Å². The van der Waals surface area contributed by atoms with Gasteiger partial charge in [-0.05, 0) is 37.7 Å². The molecular weight excluding hydrogens is 216 g/mol. The normalized spacial score (nSPS) is 28.4. The van der Waals surface area contributed by atoms with Crippen molar-refractivity contribution in [1.29, 1.82) is 5.26 Å². The number of amides is 1. The first-order valence-corrected chi connectivity index (χ1v) is 5.88. The van der Waals surface area contributed by atoms with Crippen molar-refractivity contribution in [3.8, 4) is 6.07 Å². The second-order valence-corrected chi connectivity index (χ2v) is 4.80. The summed E-state index contributed by atoms with van der Waals surface area (Å²) in [6.45, 7) is 2.18. The number of hydrogen-bond acceptors (Lipinski definition) is 3. The largest absolute Gasteiger partial charge is 0.332 e. The molecule has 1 aromatic rings. The monoisotopic (exact) mass is 232 g/mol. The van der Waals surface area contributed by atoms with Crippen LogP contribution in [0, 0.1) is 17.2 Å². The van der Waals surface area contributed by atoms with E-state index in [0.717, 1.165) is 25.7 Å². The Morgan fingerprint density at radius 1 is 1.65 bits per heavy atom. The van der Waals surface area contributed by atoms with Gasteiger partial charge in [0, 0.05) is 6.20 Å². The van der Waals surface area contributed by atoms with Crippen molar-refractivity contribution in [2.24, 2.45) is 5.92 Å². The number of aromatic nitrogens is 2. The van der Waals surface area contributed by atoms with Gasteiger partial charge in [-0.3, -0.25) is 9.89 Å². The average molecular weight is 232 g/mol. The predicted octanol–water partition coefficient (Wildman–Crippen LogP) is 1.61. The zero-order chi connectivity index (χ0) is 12.3. The average Bonchev–Trinajstić information content (AvgIpc) is 2.86. The van der Waals surface area contributed by atoms with Crippen LogP contribution in [0.3, 0.4) is 0 Å². The van der Waals surface area contributed by atoms with Crippen molar-refractivity contribution in [3.63, 3.8) is 0 Å². The molecule has 0 aromatic carbocycles. The lowest BCUT2D eigenvalue weighted by Gasteiger charge is -2.34. The highest BCUT2D eigenvalue weighted by Gasteiger charge is 2.36. The summed E-state index contributed by atoms with van der Waals surface area (Å²) in [4.78, 5) is 11.9. The molecule has 1 amide bonds. The van der Waals surface area contributed by atoms with Crippen molar-refractivity contribution in [3.05, 3.63) is 18.0 Å². The molecule has 0 atom stereocenters. The lowest BCUT2D eigenvalue weighted by molar-refractivity contribution is 0.0888. The molecule has 1 aliphatic rings. The molecule has 90 valence electrons. The summed E-state index contributed by atoms with van der Waals surface area (Å²) in [5.41, 5.74) is -0.299. The predicted molar refractivity (Wildman–Crippen MR) is 62.0 cm³/mol. The number of nitrogens with zero attached hydrogens (tertiary/aromatic N) is 2. The molecule has 0 aliphatic heterocycles. The first-order chi connectivity index (χ1) is 8.15. The Bertz CT molecular complexity index is 424. The summed E-state index contributed by atoms with van der Waals surface area (Å²) in [5.74, 6) is 0.388. The van der Waals surface area contributed by atoms with Crippen molar-refractivity contribution >= 4 is 5.91 Å². The molecule has 2 rings (SSSR count). The fourth-order valence-corrected chi connectivity index (χ4v) is 2.19. The van der Waals surface area contributed by atoms with E-state index in [0.29, 0.717) is 11.6 Å². The first-order valence-electron chi connectivity index (χ1n) is 5.88. The lowest BCUT2D eigenvalue weighted by Crippen LogP contribution is -2.49. The SMILES string of the molecule is CC1CCC(C#N)(NC(=O)c2ccn[nH]2)CC1. The molecule has 0 spiro atoms. The highest BCUT2D eigenvalue weighted by Crippen LogP contribution is 2.31. The van der Waals surface area contributed by atoms with Crippen LogP contribution in [0.15, 0.2) is 12.3 Å². The molecule has 0 bridgehead atoms. The van der Waals surface area contributed by atoms with E-state index in [4.69, 9.17) is 0 Å². The van der Waals surface area contributed by atoms with E-state index in [1.165, 1.54) is 6.20 Å². The van der Waals surface area contributed by atoms with Gasteiger partial charge in [-0.25, -0.2) is 0 Å². The van der Waals surface area contributed by atoms with Gasteiger partial charge >= 0.3 is 0 Å². The number of nitriles is 1. The Balaban J connectivity index is 2.06. The zero-order valence-corrected chi connectivity index (χ0v) is 9.86. The Morgan fingerprint density at radius 3 is 2.88 bits per heavy atom. The Kier molecular flexibility index (Phi) is 3.14. The van der Waals surface area contributed by atoms with Crippen LogP contribution >= 0.6 is 0 Å². The molecule has 0 saturated heterocycles. The van der Waals surface area contributed by atoms with Crippen LogP contribution in [-0.4, -0.2) is 21.6 Å². The highest BCUT2D eigenvalue weighted by molar-refractivity contribution is 5.92.